The standard InChI is InChI=1S/C15H18FN5O3/c16-10-3-4-13-12(8-10)14(22)21(20-19-13)6-5-17-15(23)18-9-11-2-1-7-24-11/h3-4,8,11H,1-2,5-7,9H2,(H2,17,18,23). The van der Waals surface area contributed by atoms with Crippen LogP contribution < -0.4 is 16.2 Å². The van der Waals surface area contributed by atoms with E-state index in [1.54, 1.807) is 0 Å². The summed E-state index contributed by atoms with van der Waals surface area (Å²) in [5.41, 5.74) is -0.110. The summed E-state index contributed by atoms with van der Waals surface area (Å²) in [6.07, 6.45) is 2.02. The molecule has 1 aromatic carbocycles. The molecule has 1 aliphatic heterocycles. The van der Waals surface area contributed by atoms with E-state index in [4.69, 9.17) is 4.74 Å². The monoisotopic (exact) mass is 335 g/mol. The molecule has 8 nitrogen and oxygen atoms in total. The number of carbonyl (C=O) groups is 1. The Morgan fingerprint density at radius 3 is 3.08 bits per heavy atom. The van der Waals surface area contributed by atoms with E-state index in [1.807, 2.05) is 0 Å². The lowest BCUT2D eigenvalue weighted by Gasteiger charge is -2.12. The third-order valence-corrected chi connectivity index (χ3v) is 3.81. The van der Waals surface area contributed by atoms with Gasteiger partial charge in [-0.1, -0.05) is 5.21 Å². The van der Waals surface area contributed by atoms with Crippen molar-refractivity contribution >= 4 is 16.9 Å². The SMILES string of the molecule is O=C(NCCn1nnc2ccc(F)cc2c1=O)NCC1CCCO1. The van der Waals surface area contributed by atoms with Crippen LogP contribution in [-0.4, -0.2) is 46.8 Å². The molecule has 0 saturated carbocycles. The fraction of sp³-hybridized carbons (Fsp3) is 0.467. The Hall–Kier alpha value is -2.55. The van der Waals surface area contributed by atoms with E-state index in [-0.39, 0.29) is 30.6 Å². The highest BCUT2D eigenvalue weighted by Gasteiger charge is 2.16. The molecule has 3 rings (SSSR count). The second-order valence-corrected chi connectivity index (χ2v) is 5.55. The Morgan fingerprint density at radius 1 is 1.42 bits per heavy atom. The van der Waals surface area contributed by atoms with Crippen LogP contribution >= 0.6 is 0 Å². The first kappa shape index (κ1) is 16.3. The molecular weight excluding hydrogens is 317 g/mol. The molecule has 0 radical (unpaired) electrons. The summed E-state index contributed by atoms with van der Waals surface area (Å²) in [5.74, 6) is -0.509. The van der Waals surface area contributed by atoms with E-state index in [1.165, 1.54) is 12.1 Å². The van der Waals surface area contributed by atoms with Crippen LogP contribution in [0.25, 0.3) is 10.9 Å². The minimum absolute atomic E-state index is 0.0691. The average molecular weight is 335 g/mol. The van der Waals surface area contributed by atoms with Crippen molar-refractivity contribution in [3.63, 3.8) is 0 Å². The number of aromatic nitrogens is 3. The first-order valence-corrected chi connectivity index (χ1v) is 7.80. The molecule has 1 saturated heterocycles. The van der Waals surface area contributed by atoms with Gasteiger partial charge in [-0.3, -0.25) is 4.79 Å². The maximum absolute atomic E-state index is 13.2. The van der Waals surface area contributed by atoms with Gasteiger partial charge in [0.15, 0.2) is 0 Å². The Balaban J connectivity index is 1.52. The summed E-state index contributed by atoms with van der Waals surface area (Å²) in [6.45, 7) is 1.54. The molecule has 2 N–H and O–H groups in total. The van der Waals surface area contributed by atoms with Crippen molar-refractivity contribution in [3.8, 4) is 0 Å². The molecule has 1 aromatic heterocycles. The van der Waals surface area contributed by atoms with Gasteiger partial charge in [0.25, 0.3) is 5.56 Å². The molecule has 1 fully saturated rings. The molecule has 1 unspecified atom stereocenters. The van der Waals surface area contributed by atoms with Crippen molar-refractivity contribution in [1.29, 1.82) is 0 Å². The van der Waals surface area contributed by atoms with Gasteiger partial charge in [-0.2, -0.15) is 0 Å². The maximum Gasteiger partial charge on any atom is 0.314 e. The lowest BCUT2D eigenvalue weighted by molar-refractivity contribution is 0.111. The van der Waals surface area contributed by atoms with Crippen molar-refractivity contribution in [3.05, 3.63) is 34.4 Å². The number of carbonyl (C=O) groups excluding carboxylic acids is 1. The Morgan fingerprint density at radius 2 is 2.29 bits per heavy atom. The van der Waals surface area contributed by atoms with E-state index in [0.29, 0.717) is 12.1 Å². The molecule has 1 atom stereocenters. The summed E-state index contributed by atoms with van der Waals surface area (Å²) < 4.78 is 19.8. The summed E-state index contributed by atoms with van der Waals surface area (Å²) in [7, 11) is 0. The number of rotatable bonds is 5. The zero-order valence-corrected chi connectivity index (χ0v) is 13.0. The quantitative estimate of drug-likeness (QED) is 0.825. The molecule has 128 valence electrons. The number of urea groups is 1. The highest BCUT2D eigenvalue weighted by atomic mass is 19.1. The first-order valence-electron chi connectivity index (χ1n) is 7.80. The number of fused-ring (bicyclic) bond motifs is 1. The zero-order valence-electron chi connectivity index (χ0n) is 13.0. The number of nitrogens with zero attached hydrogens (tertiary/aromatic N) is 3. The Kier molecular flexibility index (Phi) is 4.99. The molecule has 2 heterocycles. The van der Waals surface area contributed by atoms with Crippen molar-refractivity contribution in [1.82, 2.24) is 25.6 Å². The molecule has 0 spiro atoms. The van der Waals surface area contributed by atoms with Crippen LogP contribution in [0.4, 0.5) is 9.18 Å². The van der Waals surface area contributed by atoms with Gasteiger partial charge in [-0.05, 0) is 31.0 Å². The van der Waals surface area contributed by atoms with Crippen molar-refractivity contribution < 1.29 is 13.9 Å². The second-order valence-electron chi connectivity index (χ2n) is 5.55. The van der Waals surface area contributed by atoms with E-state index < -0.39 is 11.4 Å². The maximum atomic E-state index is 13.2. The van der Waals surface area contributed by atoms with E-state index in [0.717, 1.165) is 30.2 Å². The third kappa shape index (κ3) is 3.85. The average Bonchev–Trinajstić information content (AvgIpc) is 3.09. The van der Waals surface area contributed by atoms with Crippen LogP contribution in [0, 0.1) is 5.82 Å². The van der Waals surface area contributed by atoms with Crippen LogP contribution in [0.2, 0.25) is 0 Å². The third-order valence-electron chi connectivity index (χ3n) is 3.81. The van der Waals surface area contributed by atoms with Gasteiger partial charge in [0.1, 0.15) is 11.3 Å². The second kappa shape index (κ2) is 7.35. The van der Waals surface area contributed by atoms with Gasteiger partial charge >= 0.3 is 6.03 Å². The number of amides is 2. The molecule has 0 aliphatic carbocycles. The van der Waals surface area contributed by atoms with Gasteiger partial charge in [0, 0.05) is 19.7 Å². The lowest BCUT2D eigenvalue weighted by Crippen LogP contribution is -2.41. The molecule has 2 aromatic rings. The molecule has 9 heteroatoms. The van der Waals surface area contributed by atoms with Gasteiger partial charge in [0.05, 0.1) is 18.0 Å². The fourth-order valence-corrected chi connectivity index (χ4v) is 2.54. The number of nitrogens with one attached hydrogen (secondary N) is 2. The topological polar surface area (TPSA) is 98.1 Å². The predicted molar refractivity (Wildman–Crippen MR) is 84.1 cm³/mol. The highest BCUT2D eigenvalue weighted by molar-refractivity contribution is 5.76. The Labute approximate surface area is 137 Å². The number of halogens is 1. The zero-order chi connectivity index (χ0) is 16.9. The molecule has 1 aliphatic rings. The van der Waals surface area contributed by atoms with Crippen molar-refractivity contribution in [2.24, 2.45) is 0 Å². The largest absolute Gasteiger partial charge is 0.376 e. The normalized spacial score (nSPS) is 17.1. The van der Waals surface area contributed by atoms with Crippen LogP contribution in [0.3, 0.4) is 0 Å². The smallest absolute Gasteiger partial charge is 0.314 e. The minimum atomic E-state index is -0.509. The fourth-order valence-electron chi connectivity index (χ4n) is 2.54. The predicted octanol–water partition coefficient (Wildman–Crippen LogP) is 0.409. The van der Waals surface area contributed by atoms with Gasteiger partial charge in [0.2, 0.25) is 0 Å². The number of hydrogen-bond donors (Lipinski definition) is 2. The summed E-state index contributed by atoms with van der Waals surface area (Å²) >= 11 is 0. The van der Waals surface area contributed by atoms with Gasteiger partial charge in [-0.25, -0.2) is 13.9 Å². The van der Waals surface area contributed by atoms with Crippen LogP contribution in [-0.2, 0) is 11.3 Å². The van der Waals surface area contributed by atoms with Crippen LogP contribution in [0.5, 0.6) is 0 Å². The van der Waals surface area contributed by atoms with Crippen LogP contribution in [0.1, 0.15) is 12.8 Å². The molecular formula is C15H18FN5O3. The molecule has 0 bridgehead atoms. The molecule has 2 amide bonds. The highest BCUT2D eigenvalue weighted by Crippen LogP contribution is 2.10. The van der Waals surface area contributed by atoms with Gasteiger partial charge < -0.3 is 15.4 Å². The van der Waals surface area contributed by atoms with Crippen molar-refractivity contribution in [2.45, 2.75) is 25.5 Å². The van der Waals surface area contributed by atoms with Crippen molar-refractivity contribution in [2.75, 3.05) is 19.7 Å². The van der Waals surface area contributed by atoms with E-state index in [9.17, 15) is 14.0 Å². The molecule has 24 heavy (non-hydrogen) atoms. The summed E-state index contributed by atoms with van der Waals surface area (Å²) in [6, 6.07) is 3.42. The Bertz CT molecular complexity index is 788. The van der Waals surface area contributed by atoms with Gasteiger partial charge in [-0.15, -0.1) is 5.10 Å². The number of hydrogen-bond acceptors (Lipinski definition) is 5. The minimum Gasteiger partial charge on any atom is -0.376 e. The van der Waals surface area contributed by atoms with E-state index >= 15 is 0 Å². The number of ether oxygens (including phenoxy) is 1. The summed E-state index contributed by atoms with van der Waals surface area (Å²) in [5, 5.41) is 13.2. The first-order chi connectivity index (χ1) is 11.6. The number of benzene rings is 1. The van der Waals surface area contributed by atoms with E-state index in [2.05, 4.69) is 20.9 Å². The summed E-state index contributed by atoms with van der Waals surface area (Å²) in [4.78, 5) is 23.9. The van der Waals surface area contributed by atoms with Crippen LogP contribution in [0.15, 0.2) is 23.0 Å². The lowest BCUT2D eigenvalue weighted by atomic mass is 10.2.